The number of aliphatic hydroxyl groups is 1. The Morgan fingerprint density at radius 2 is 2.15 bits per heavy atom. The van der Waals surface area contributed by atoms with Crippen LogP contribution in [-0.4, -0.2) is 17.0 Å². The summed E-state index contributed by atoms with van der Waals surface area (Å²) < 4.78 is 0. The van der Waals surface area contributed by atoms with Crippen molar-refractivity contribution < 1.29 is 5.11 Å². The topological polar surface area (TPSA) is 20.2 Å². The lowest BCUT2D eigenvalue weighted by atomic mass is 9.90. The summed E-state index contributed by atoms with van der Waals surface area (Å²) in [5.41, 5.74) is 1.49. The molecule has 2 unspecified atom stereocenters. The number of fused-ring (bicyclic) bond motifs is 1. The Kier molecular flexibility index (Phi) is 2.91. The van der Waals surface area contributed by atoms with Gasteiger partial charge in [-0.25, -0.2) is 0 Å². The molecule has 0 saturated carbocycles. The molecule has 0 spiro atoms. The zero-order valence-electron chi connectivity index (χ0n) is 7.52. The number of hydrogen-bond donors (Lipinski definition) is 1. The van der Waals surface area contributed by atoms with Crippen LogP contribution in [0.15, 0.2) is 35.3 Å². The van der Waals surface area contributed by atoms with Crippen LogP contribution in [0.25, 0.3) is 0 Å². The Hall–Kier alpha value is -0.470. The minimum atomic E-state index is 0.305. The van der Waals surface area contributed by atoms with Crippen molar-refractivity contribution in [2.45, 2.75) is 18.1 Å². The summed E-state index contributed by atoms with van der Waals surface area (Å²) in [6, 6.07) is 0. The van der Waals surface area contributed by atoms with E-state index >= 15 is 0 Å². The molecular weight excluding hydrogens is 180 g/mol. The van der Waals surface area contributed by atoms with Crippen molar-refractivity contribution in [3.63, 3.8) is 0 Å². The van der Waals surface area contributed by atoms with Crippen LogP contribution in [0.3, 0.4) is 0 Å². The van der Waals surface area contributed by atoms with Gasteiger partial charge in [0.05, 0.1) is 0 Å². The van der Waals surface area contributed by atoms with Crippen LogP contribution in [0.4, 0.5) is 0 Å². The van der Waals surface area contributed by atoms with Crippen LogP contribution < -0.4 is 0 Å². The number of allylic oxidation sites excluding steroid dienone is 4. The molecule has 2 aliphatic rings. The van der Waals surface area contributed by atoms with Gasteiger partial charge in [-0.3, -0.25) is 0 Å². The Bertz CT molecular complexity index is 265. The fourth-order valence-corrected chi connectivity index (χ4v) is 3.03. The third-order valence-corrected chi connectivity index (χ3v) is 3.72. The van der Waals surface area contributed by atoms with Crippen LogP contribution >= 0.6 is 11.8 Å². The first-order chi connectivity index (χ1) is 6.42. The van der Waals surface area contributed by atoms with Gasteiger partial charge in [0.1, 0.15) is 0 Å². The number of rotatable bonds is 3. The van der Waals surface area contributed by atoms with Gasteiger partial charge in [0.2, 0.25) is 0 Å². The van der Waals surface area contributed by atoms with Crippen molar-refractivity contribution in [2.75, 3.05) is 6.61 Å². The lowest BCUT2D eigenvalue weighted by Crippen LogP contribution is -2.12. The third kappa shape index (κ3) is 1.89. The molecule has 1 nitrogen and oxygen atoms in total. The summed E-state index contributed by atoms with van der Waals surface area (Å²) in [5.74, 6) is 0.599. The standard InChI is InChI=1S/C11H14OS/c12-7-3-4-9-8-13-11-6-2-1-5-10(9)11/h1-2,5-6,8,10-12H,3-4,7H2. The van der Waals surface area contributed by atoms with Crippen LogP contribution in [0.5, 0.6) is 0 Å². The highest BCUT2D eigenvalue weighted by atomic mass is 32.2. The van der Waals surface area contributed by atoms with E-state index in [4.69, 9.17) is 5.11 Å². The summed E-state index contributed by atoms with van der Waals surface area (Å²) in [6.45, 7) is 0.305. The Labute approximate surface area is 83.2 Å². The molecule has 1 heterocycles. The third-order valence-electron chi connectivity index (χ3n) is 2.51. The summed E-state index contributed by atoms with van der Waals surface area (Å²) >= 11 is 1.90. The van der Waals surface area contributed by atoms with Crippen LogP contribution in [0.1, 0.15) is 12.8 Å². The van der Waals surface area contributed by atoms with Crippen molar-refractivity contribution in [1.82, 2.24) is 0 Å². The molecule has 0 fully saturated rings. The van der Waals surface area contributed by atoms with Gasteiger partial charge in [-0.1, -0.05) is 29.9 Å². The molecule has 2 heteroatoms. The lowest BCUT2D eigenvalue weighted by Gasteiger charge is -2.17. The fourth-order valence-electron chi connectivity index (χ4n) is 1.80. The molecule has 0 saturated heterocycles. The highest BCUT2D eigenvalue weighted by Crippen LogP contribution is 2.40. The molecular formula is C11H14OS. The van der Waals surface area contributed by atoms with E-state index in [0.29, 0.717) is 17.8 Å². The second kappa shape index (κ2) is 4.16. The first kappa shape index (κ1) is 9.10. The SMILES string of the molecule is OCCCC1=CSC2C=CC=CC12. The minimum absolute atomic E-state index is 0.305. The molecule has 0 aromatic rings. The highest BCUT2D eigenvalue weighted by Gasteiger charge is 2.26. The van der Waals surface area contributed by atoms with Gasteiger partial charge in [0.15, 0.2) is 0 Å². The van der Waals surface area contributed by atoms with E-state index in [0.717, 1.165) is 12.8 Å². The van der Waals surface area contributed by atoms with Gasteiger partial charge in [0, 0.05) is 17.8 Å². The molecule has 1 aliphatic carbocycles. The van der Waals surface area contributed by atoms with Crippen molar-refractivity contribution in [1.29, 1.82) is 0 Å². The molecule has 13 heavy (non-hydrogen) atoms. The zero-order valence-corrected chi connectivity index (χ0v) is 8.33. The molecule has 0 radical (unpaired) electrons. The van der Waals surface area contributed by atoms with Crippen molar-refractivity contribution in [3.05, 3.63) is 35.3 Å². The first-order valence-electron chi connectivity index (χ1n) is 4.72. The maximum Gasteiger partial charge on any atom is 0.0434 e. The molecule has 2 rings (SSSR count). The minimum Gasteiger partial charge on any atom is -0.396 e. The average molecular weight is 194 g/mol. The normalized spacial score (nSPS) is 30.4. The van der Waals surface area contributed by atoms with E-state index in [1.54, 1.807) is 0 Å². The van der Waals surface area contributed by atoms with Gasteiger partial charge in [0.25, 0.3) is 0 Å². The van der Waals surface area contributed by atoms with Crippen molar-refractivity contribution in [3.8, 4) is 0 Å². The van der Waals surface area contributed by atoms with Crippen LogP contribution in [-0.2, 0) is 0 Å². The maximum atomic E-state index is 8.76. The Morgan fingerprint density at radius 3 is 3.00 bits per heavy atom. The molecule has 1 aliphatic heterocycles. The average Bonchev–Trinajstić information content (AvgIpc) is 2.58. The van der Waals surface area contributed by atoms with Crippen LogP contribution in [0.2, 0.25) is 0 Å². The van der Waals surface area contributed by atoms with Gasteiger partial charge < -0.3 is 5.11 Å². The van der Waals surface area contributed by atoms with E-state index in [2.05, 4.69) is 29.7 Å². The lowest BCUT2D eigenvalue weighted by molar-refractivity contribution is 0.287. The van der Waals surface area contributed by atoms with Gasteiger partial charge in [-0.05, 0) is 18.2 Å². The first-order valence-corrected chi connectivity index (χ1v) is 5.66. The predicted molar refractivity (Wildman–Crippen MR) is 57.6 cm³/mol. The monoisotopic (exact) mass is 194 g/mol. The Balaban J connectivity index is 1.99. The highest BCUT2D eigenvalue weighted by molar-refractivity contribution is 8.03. The molecule has 2 atom stereocenters. The number of aliphatic hydroxyl groups excluding tert-OH is 1. The summed E-state index contributed by atoms with van der Waals surface area (Å²) in [5, 5.41) is 11.6. The summed E-state index contributed by atoms with van der Waals surface area (Å²) in [6.07, 6.45) is 10.7. The quantitative estimate of drug-likeness (QED) is 0.745. The molecule has 70 valence electrons. The molecule has 1 N–H and O–H groups in total. The summed E-state index contributed by atoms with van der Waals surface area (Å²) in [7, 11) is 0. The van der Waals surface area contributed by atoms with Gasteiger partial charge >= 0.3 is 0 Å². The molecule has 0 bridgehead atoms. The van der Waals surface area contributed by atoms with E-state index in [-0.39, 0.29) is 0 Å². The van der Waals surface area contributed by atoms with Gasteiger partial charge in [-0.2, -0.15) is 0 Å². The largest absolute Gasteiger partial charge is 0.396 e. The van der Waals surface area contributed by atoms with Crippen molar-refractivity contribution in [2.24, 2.45) is 5.92 Å². The smallest absolute Gasteiger partial charge is 0.0434 e. The van der Waals surface area contributed by atoms with E-state index in [1.165, 1.54) is 5.57 Å². The predicted octanol–water partition coefficient (Wildman–Crippen LogP) is 2.50. The van der Waals surface area contributed by atoms with Crippen LogP contribution in [0, 0.1) is 5.92 Å². The Morgan fingerprint density at radius 1 is 1.31 bits per heavy atom. The molecule has 0 aromatic carbocycles. The van der Waals surface area contributed by atoms with E-state index in [1.807, 2.05) is 11.8 Å². The van der Waals surface area contributed by atoms with Crippen molar-refractivity contribution >= 4 is 11.8 Å². The second-order valence-corrected chi connectivity index (χ2v) is 4.47. The molecule has 0 aromatic heterocycles. The number of thioether (sulfide) groups is 1. The maximum absolute atomic E-state index is 8.76. The second-order valence-electron chi connectivity index (χ2n) is 3.42. The fraction of sp³-hybridized carbons (Fsp3) is 0.455. The van der Waals surface area contributed by atoms with E-state index in [9.17, 15) is 0 Å². The summed E-state index contributed by atoms with van der Waals surface area (Å²) in [4.78, 5) is 0. The zero-order chi connectivity index (χ0) is 9.10. The van der Waals surface area contributed by atoms with Gasteiger partial charge in [-0.15, -0.1) is 11.8 Å². The van der Waals surface area contributed by atoms with E-state index < -0.39 is 0 Å². The molecule has 0 amide bonds. The number of hydrogen-bond acceptors (Lipinski definition) is 2.